The molecule has 0 aliphatic carbocycles. The van der Waals surface area contributed by atoms with Crippen LogP contribution in [0.4, 0.5) is 10.8 Å². The average molecular weight is 490 g/mol. The summed E-state index contributed by atoms with van der Waals surface area (Å²) in [4.78, 5) is 17.4. The molecule has 0 bridgehead atoms. The summed E-state index contributed by atoms with van der Waals surface area (Å²) in [6, 6.07) is 21.8. The van der Waals surface area contributed by atoms with E-state index >= 15 is 0 Å². The molecule has 1 amide bonds. The molecule has 6 nitrogen and oxygen atoms in total. The van der Waals surface area contributed by atoms with Crippen LogP contribution in [0.3, 0.4) is 0 Å². The van der Waals surface area contributed by atoms with Gasteiger partial charge < -0.3 is 5.32 Å². The van der Waals surface area contributed by atoms with Crippen molar-refractivity contribution in [1.82, 2.24) is 4.98 Å². The lowest BCUT2D eigenvalue weighted by Crippen LogP contribution is -2.33. The van der Waals surface area contributed by atoms with Gasteiger partial charge in [0, 0.05) is 22.2 Å². The molecule has 2 heterocycles. The molecule has 1 aliphatic heterocycles. The van der Waals surface area contributed by atoms with Crippen LogP contribution >= 0.6 is 11.3 Å². The summed E-state index contributed by atoms with van der Waals surface area (Å²) in [6.45, 7) is 2.03. The molecule has 1 unspecified atom stereocenters. The quantitative estimate of drug-likeness (QED) is 0.385. The number of benzene rings is 3. The van der Waals surface area contributed by atoms with Crippen LogP contribution in [-0.4, -0.2) is 24.7 Å². The van der Waals surface area contributed by atoms with E-state index in [0.717, 1.165) is 22.5 Å². The topological polar surface area (TPSA) is 88.2 Å². The first-order valence-electron chi connectivity index (χ1n) is 10.9. The minimum atomic E-state index is -3.59. The number of nitrogens with one attached hydrogen (secondary N) is 2. The van der Waals surface area contributed by atoms with E-state index in [9.17, 15) is 13.2 Å². The van der Waals surface area contributed by atoms with Crippen LogP contribution in [0.15, 0.2) is 83.1 Å². The molecule has 172 valence electrons. The zero-order valence-electron chi connectivity index (χ0n) is 18.5. The molecule has 8 heteroatoms. The van der Waals surface area contributed by atoms with Crippen molar-refractivity contribution < 1.29 is 13.2 Å². The second-order valence-corrected chi connectivity index (χ2v) is 11.2. The smallest absolute Gasteiger partial charge is 0.257 e. The highest BCUT2D eigenvalue weighted by Crippen LogP contribution is 2.30. The SMILES string of the molecule is Cc1ccc(-c2csc(NC(=O)c3ccc(S(=O)(=O)C4CCc5ccccc5N4)cc3)n2)cc1. The number of sulfone groups is 1. The summed E-state index contributed by atoms with van der Waals surface area (Å²) in [6.07, 6.45) is 1.20. The molecule has 0 fully saturated rings. The van der Waals surface area contributed by atoms with Gasteiger partial charge in [0.2, 0.25) is 0 Å². The van der Waals surface area contributed by atoms with Crippen LogP contribution in [0.1, 0.15) is 27.9 Å². The number of thiazole rings is 1. The maximum Gasteiger partial charge on any atom is 0.257 e. The van der Waals surface area contributed by atoms with Gasteiger partial charge in [-0.25, -0.2) is 13.4 Å². The predicted molar refractivity (Wildman–Crippen MR) is 136 cm³/mol. The highest BCUT2D eigenvalue weighted by Gasteiger charge is 2.30. The normalized spacial score (nSPS) is 15.3. The van der Waals surface area contributed by atoms with Crippen molar-refractivity contribution in [2.75, 3.05) is 10.6 Å². The Balaban J connectivity index is 1.28. The maximum atomic E-state index is 13.2. The molecule has 1 aliphatic rings. The van der Waals surface area contributed by atoms with Crippen molar-refractivity contribution in [3.63, 3.8) is 0 Å². The number of carbonyl (C=O) groups excluding carboxylic acids is 1. The molecule has 5 rings (SSSR count). The van der Waals surface area contributed by atoms with E-state index in [1.807, 2.05) is 60.8 Å². The van der Waals surface area contributed by atoms with E-state index in [1.165, 1.54) is 41.2 Å². The first-order chi connectivity index (χ1) is 16.4. The van der Waals surface area contributed by atoms with Crippen LogP contribution in [0, 0.1) is 6.92 Å². The summed E-state index contributed by atoms with van der Waals surface area (Å²) in [7, 11) is -3.59. The third-order valence-corrected chi connectivity index (χ3v) is 8.69. The van der Waals surface area contributed by atoms with Crippen molar-refractivity contribution in [3.05, 3.63) is 94.9 Å². The van der Waals surface area contributed by atoms with Crippen LogP contribution in [-0.2, 0) is 16.3 Å². The zero-order valence-corrected chi connectivity index (χ0v) is 20.1. The predicted octanol–water partition coefficient (Wildman–Crippen LogP) is 5.53. The summed E-state index contributed by atoms with van der Waals surface area (Å²) < 4.78 is 26.3. The number of aryl methyl sites for hydroxylation is 2. The van der Waals surface area contributed by atoms with Crippen molar-refractivity contribution in [2.45, 2.75) is 30.0 Å². The molecule has 0 saturated heterocycles. The van der Waals surface area contributed by atoms with Crippen LogP contribution in [0.5, 0.6) is 0 Å². The number of nitrogens with zero attached hydrogens (tertiary/aromatic N) is 1. The number of amides is 1. The number of anilines is 2. The van der Waals surface area contributed by atoms with E-state index in [-0.39, 0.29) is 10.8 Å². The third kappa shape index (κ3) is 4.47. The molecule has 2 N–H and O–H groups in total. The number of rotatable bonds is 5. The minimum Gasteiger partial charge on any atom is -0.369 e. The maximum absolute atomic E-state index is 13.2. The number of para-hydroxylation sites is 1. The molecule has 0 spiro atoms. The van der Waals surface area contributed by atoms with Gasteiger partial charge in [0.25, 0.3) is 5.91 Å². The molecule has 3 aromatic carbocycles. The summed E-state index contributed by atoms with van der Waals surface area (Å²) in [5.74, 6) is -0.335. The van der Waals surface area contributed by atoms with Gasteiger partial charge in [-0.05, 0) is 55.7 Å². The molecule has 0 radical (unpaired) electrons. The molecule has 1 atom stereocenters. The van der Waals surface area contributed by atoms with E-state index in [0.29, 0.717) is 23.5 Å². The summed E-state index contributed by atoms with van der Waals surface area (Å²) in [5, 5.41) is 7.64. The Bertz CT molecular complexity index is 1440. The standard InChI is InChI=1S/C26H23N3O3S2/c1-17-6-8-19(9-7-17)23-16-33-26(28-23)29-25(30)20-10-13-21(14-11-20)34(31,32)24-15-12-18-4-2-3-5-22(18)27-24/h2-11,13-14,16,24,27H,12,15H2,1H3,(H,28,29,30). The lowest BCUT2D eigenvalue weighted by atomic mass is 10.0. The third-order valence-electron chi connectivity index (χ3n) is 5.90. The van der Waals surface area contributed by atoms with Crippen molar-refractivity contribution in [1.29, 1.82) is 0 Å². The van der Waals surface area contributed by atoms with Gasteiger partial charge in [0.05, 0.1) is 10.6 Å². The fraction of sp³-hybridized carbons (Fsp3) is 0.154. The number of hydrogen-bond donors (Lipinski definition) is 2. The van der Waals surface area contributed by atoms with Crippen LogP contribution < -0.4 is 10.6 Å². The molecule has 4 aromatic rings. The van der Waals surface area contributed by atoms with Gasteiger partial charge in [-0.2, -0.15) is 0 Å². The molecule has 0 saturated carbocycles. The van der Waals surface area contributed by atoms with Gasteiger partial charge in [-0.1, -0.05) is 48.0 Å². The molecular formula is C26H23N3O3S2. The second kappa shape index (κ2) is 9.04. The number of hydrogen-bond acceptors (Lipinski definition) is 6. The number of fused-ring (bicyclic) bond motifs is 1. The Labute approximate surface area is 202 Å². The summed E-state index contributed by atoms with van der Waals surface area (Å²) in [5.41, 5.74) is 5.29. The zero-order chi connectivity index (χ0) is 23.7. The van der Waals surface area contributed by atoms with Crippen LogP contribution in [0.25, 0.3) is 11.3 Å². The second-order valence-electron chi connectivity index (χ2n) is 8.26. The molecular weight excluding hydrogens is 466 g/mol. The summed E-state index contributed by atoms with van der Waals surface area (Å²) >= 11 is 1.34. The van der Waals surface area contributed by atoms with E-state index in [1.54, 1.807) is 0 Å². The van der Waals surface area contributed by atoms with Crippen LogP contribution in [0.2, 0.25) is 0 Å². The van der Waals surface area contributed by atoms with E-state index < -0.39 is 15.2 Å². The Morgan fingerprint density at radius 3 is 2.53 bits per heavy atom. The monoisotopic (exact) mass is 489 g/mol. The van der Waals surface area contributed by atoms with Gasteiger partial charge in [0.1, 0.15) is 5.37 Å². The fourth-order valence-corrected chi connectivity index (χ4v) is 6.23. The van der Waals surface area contributed by atoms with Crippen molar-refractivity contribution in [3.8, 4) is 11.3 Å². The molecule has 1 aromatic heterocycles. The molecule has 34 heavy (non-hydrogen) atoms. The largest absolute Gasteiger partial charge is 0.369 e. The minimum absolute atomic E-state index is 0.192. The van der Waals surface area contributed by atoms with Gasteiger partial charge in [0.15, 0.2) is 15.0 Å². The van der Waals surface area contributed by atoms with Crippen molar-refractivity contribution in [2.24, 2.45) is 0 Å². The van der Waals surface area contributed by atoms with Gasteiger partial charge in [-0.3, -0.25) is 10.1 Å². The number of carbonyl (C=O) groups is 1. The highest BCUT2D eigenvalue weighted by molar-refractivity contribution is 7.92. The number of aromatic nitrogens is 1. The van der Waals surface area contributed by atoms with Gasteiger partial charge >= 0.3 is 0 Å². The average Bonchev–Trinajstić information content (AvgIpc) is 3.32. The Morgan fingerprint density at radius 1 is 1.03 bits per heavy atom. The first kappa shape index (κ1) is 22.3. The first-order valence-corrected chi connectivity index (χ1v) is 13.3. The van der Waals surface area contributed by atoms with Crippen molar-refractivity contribution >= 4 is 37.9 Å². The van der Waals surface area contributed by atoms with E-state index in [4.69, 9.17) is 0 Å². The van der Waals surface area contributed by atoms with Gasteiger partial charge in [-0.15, -0.1) is 11.3 Å². The highest BCUT2D eigenvalue weighted by atomic mass is 32.2. The lowest BCUT2D eigenvalue weighted by molar-refractivity contribution is 0.102. The lowest BCUT2D eigenvalue weighted by Gasteiger charge is -2.26. The Hall–Kier alpha value is -3.49. The Kier molecular flexibility index (Phi) is 5.93. The van der Waals surface area contributed by atoms with E-state index in [2.05, 4.69) is 15.6 Å². The fourth-order valence-electron chi connectivity index (χ4n) is 3.96. The Morgan fingerprint density at radius 2 is 1.76 bits per heavy atom.